The lowest BCUT2D eigenvalue weighted by atomic mass is 10.0. The fourth-order valence-electron chi connectivity index (χ4n) is 11.8. The van der Waals surface area contributed by atoms with Crippen LogP contribution < -0.4 is 0 Å². The van der Waals surface area contributed by atoms with Gasteiger partial charge in [-0.05, 0) is 37.5 Å². The molecule has 570 valence electrons. The Hall–Kier alpha value is -1.94. The third kappa shape index (κ3) is 70.5. The Morgan fingerprint density at radius 3 is 0.708 bits per heavy atom. The topological polar surface area (TPSA) is 237 Å². The number of rotatable bonds is 76. The molecule has 0 spiro atoms. The van der Waals surface area contributed by atoms with Crippen LogP contribution in [0.4, 0.5) is 0 Å². The molecule has 0 aromatic heterocycles. The van der Waals surface area contributed by atoms with E-state index < -0.39 is 97.5 Å². The second-order valence-corrected chi connectivity index (χ2v) is 31.6. The van der Waals surface area contributed by atoms with Gasteiger partial charge in [-0.3, -0.25) is 37.3 Å². The molecule has 0 radical (unpaired) electrons. The maximum absolute atomic E-state index is 13.1. The van der Waals surface area contributed by atoms with Gasteiger partial charge in [0.05, 0.1) is 26.4 Å². The van der Waals surface area contributed by atoms with Gasteiger partial charge in [-0.15, -0.1) is 0 Å². The van der Waals surface area contributed by atoms with Crippen molar-refractivity contribution in [2.75, 3.05) is 39.6 Å². The number of aliphatic hydroxyl groups excluding tert-OH is 1. The van der Waals surface area contributed by atoms with Crippen molar-refractivity contribution in [3.63, 3.8) is 0 Å². The lowest BCUT2D eigenvalue weighted by Gasteiger charge is -2.21. The van der Waals surface area contributed by atoms with Gasteiger partial charge in [0.1, 0.15) is 19.3 Å². The highest BCUT2D eigenvalue weighted by atomic mass is 31.2. The Kier molecular flexibility index (Phi) is 67.4. The molecule has 19 heteroatoms. The van der Waals surface area contributed by atoms with Crippen LogP contribution in [0.3, 0.4) is 0 Å². The molecule has 0 fully saturated rings. The van der Waals surface area contributed by atoms with E-state index in [-0.39, 0.29) is 25.7 Å². The van der Waals surface area contributed by atoms with Gasteiger partial charge in [0.25, 0.3) is 0 Å². The van der Waals surface area contributed by atoms with E-state index >= 15 is 0 Å². The highest BCUT2D eigenvalue weighted by Crippen LogP contribution is 2.45. The van der Waals surface area contributed by atoms with E-state index in [0.29, 0.717) is 25.7 Å². The Bertz CT molecular complexity index is 1860. The number of phosphoric ester groups is 2. The highest BCUT2D eigenvalue weighted by Gasteiger charge is 2.30. The van der Waals surface area contributed by atoms with Crippen LogP contribution in [0.2, 0.25) is 0 Å². The molecule has 0 aromatic carbocycles. The van der Waals surface area contributed by atoms with E-state index in [9.17, 15) is 43.2 Å². The maximum atomic E-state index is 13.1. The van der Waals surface area contributed by atoms with Gasteiger partial charge in [-0.25, -0.2) is 9.13 Å². The van der Waals surface area contributed by atoms with Crippen molar-refractivity contribution in [1.29, 1.82) is 0 Å². The van der Waals surface area contributed by atoms with Crippen LogP contribution in [0.5, 0.6) is 0 Å². The number of aliphatic hydroxyl groups is 1. The van der Waals surface area contributed by atoms with Crippen LogP contribution in [-0.2, 0) is 65.4 Å². The lowest BCUT2D eigenvalue weighted by molar-refractivity contribution is -0.161. The van der Waals surface area contributed by atoms with Gasteiger partial charge >= 0.3 is 39.5 Å². The standard InChI is InChI=1S/C77H150O17P2/c1-7-9-11-13-15-17-19-20-21-22-23-24-25-26-27-31-36-43-49-55-61-76(81)93-72(65-88-75(80)60-54-48-42-35-32-28-30-33-39-45-51-57-69(3)4)67-91-95(83,84)89-63-71(78)64-90-96(85,86)92-68-73(94-77(82)62-56-50-44-38-37-40-46-52-58-70(5)6)66-87-74(79)59-53-47-41-34-29-18-16-14-12-10-8-2/h69-73,78H,7-68H2,1-6H3,(H,83,84)(H,85,86)/t71-,72-,73-/m1/s1. The van der Waals surface area contributed by atoms with E-state index in [1.807, 2.05) is 0 Å². The summed E-state index contributed by atoms with van der Waals surface area (Å²) in [6.07, 6.45) is 57.0. The van der Waals surface area contributed by atoms with Crippen LogP contribution in [0, 0.1) is 11.8 Å². The normalized spacial score (nSPS) is 14.0. The number of esters is 4. The summed E-state index contributed by atoms with van der Waals surface area (Å²) in [5.41, 5.74) is 0. The molecule has 0 aliphatic heterocycles. The summed E-state index contributed by atoms with van der Waals surface area (Å²) in [6.45, 7) is 9.56. The molecular formula is C77H150O17P2. The molecule has 17 nitrogen and oxygen atoms in total. The Morgan fingerprint density at radius 1 is 0.281 bits per heavy atom. The zero-order valence-electron chi connectivity index (χ0n) is 62.7. The second-order valence-electron chi connectivity index (χ2n) is 28.7. The predicted octanol–water partition coefficient (Wildman–Crippen LogP) is 22.7. The summed E-state index contributed by atoms with van der Waals surface area (Å²) in [6, 6.07) is 0. The van der Waals surface area contributed by atoms with Gasteiger partial charge in [0.15, 0.2) is 12.2 Å². The monoisotopic (exact) mass is 1410 g/mol. The zero-order chi connectivity index (χ0) is 70.7. The molecule has 0 bridgehead atoms. The molecule has 0 amide bonds. The average Bonchev–Trinajstić information content (AvgIpc) is 1.18. The lowest BCUT2D eigenvalue weighted by Crippen LogP contribution is -2.30. The van der Waals surface area contributed by atoms with E-state index in [2.05, 4.69) is 41.5 Å². The minimum absolute atomic E-state index is 0.105. The molecule has 0 aliphatic carbocycles. The molecule has 3 N–H and O–H groups in total. The number of ether oxygens (including phenoxy) is 4. The van der Waals surface area contributed by atoms with Gasteiger partial charge in [0, 0.05) is 25.7 Å². The highest BCUT2D eigenvalue weighted by molar-refractivity contribution is 7.47. The van der Waals surface area contributed by atoms with Crippen molar-refractivity contribution >= 4 is 39.5 Å². The molecule has 0 rings (SSSR count). The summed E-state index contributed by atoms with van der Waals surface area (Å²) in [5, 5.41) is 10.6. The van der Waals surface area contributed by atoms with Gasteiger partial charge in [0.2, 0.25) is 0 Å². The maximum Gasteiger partial charge on any atom is 0.472 e. The van der Waals surface area contributed by atoms with Crippen molar-refractivity contribution in [1.82, 2.24) is 0 Å². The zero-order valence-corrected chi connectivity index (χ0v) is 64.5. The molecule has 0 saturated heterocycles. The predicted molar refractivity (Wildman–Crippen MR) is 391 cm³/mol. The first-order chi connectivity index (χ1) is 46.4. The van der Waals surface area contributed by atoms with Crippen LogP contribution in [-0.4, -0.2) is 96.7 Å². The van der Waals surface area contributed by atoms with Crippen LogP contribution >= 0.6 is 15.6 Å². The molecule has 2 unspecified atom stereocenters. The largest absolute Gasteiger partial charge is 0.472 e. The molecular weight excluding hydrogens is 1260 g/mol. The van der Waals surface area contributed by atoms with E-state index in [1.54, 1.807) is 0 Å². The number of hydrogen-bond acceptors (Lipinski definition) is 15. The number of hydrogen-bond donors (Lipinski definition) is 3. The first-order valence-electron chi connectivity index (χ1n) is 40.0. The SMILES string of the molecule is CCCCCCCCCCCCCCCCCCCCCCC(=O)O[C@H](COC(=O)CCCCCCCCCCCCCC(C)C)COP(=O)(O)OC[C@@H](O)COP(=O)(O)OC[C@@H](COC(=O)CCCCCCCCCCCCC)OC(=O)CCCCCCCCCCC(C)C. The van der Waals surface area contributed by atoms with Crippen LogP contribution in [0.1, 0.15) is 401 Å². The first-order valence-corrected chi connectivity index (χ1v) is 43.0. The summed E-state index contributed by atoms with van der Waals surface area (Å²) >= 11 is 0. The van der Waals surface area contributed by atoms with Crippen LogP contribution in [0.15, 0.2) is 0 Å². The van der Waals surface area contributed by atoms with Crippen molar-refractivity contribution in [3.8, 4) is 0 Å². The van der Waals surface area contributed by atoms with Crippen LogP contribution in [0.25, 0.3) is 0 Å². The summed E-state index contributed by atoms with van der Waals surface area (Å²) in [7, 11) is -9.91. The third-order valence-electron chi connectivity index (χ3n) is 18.0. The Morgan fingerprint density at radius 2 is 0.479 bits per heavy atom. The molecule has 5 atom stereocenters. The minimum Gasteiger partial charge on any atom is -0.462 e. The molecule has 0 aliphatic rings. The van der Waals surface area contributed by atoms with Gasteiger partial charge < -0.3 is 33.8 Å². The number of carbonyl (C=O) groups excluding carboxylic acids is 4. The molecule has 0 aromatic rings. The van der Waals surface area contributed by atoms with E-state index in [1.165, 1.54) is 218 Å². The second kappa shape index (κ2) is 68.8. The first kappa shape index (κ1) is 94.1. The molecule has 0 saturated carbocycles. The van der Waals surface area contributed by atoms with Crippen molar-refractivity contribution in [3.05, 3.63) is 0 Å². The van der Waals surface area contributed by atoms with Crippen molar-refractivity contribution < 1.29 is 80.2 Å². The Balaban J connectivity index is 5.22. The molecule has 96 heavy (non-hydrogen) atoms. The average molecular weight is 1410 g/mol. The minimum atomic E-state index is -4.96. The smallest absolute Gasteiger partial charge is 0.462 e. The van der Waals surface area contributed by atoms with Gasteiger partial charge in [-0.2, -0.15) is 0 Å². The number of carbonyl (C=O) groups is 4. The van der Waals surface area contributed by atoms with Crippen molar-refractivity contribution in [2.45, 2.75) is 419 Å². The van der Waals surface area contributed by atoms with Crippen molar-refractivity contribution in [2.24, 2.45) is 11.8 Å². The molecule has 0 heterocycles. The summed E-state index contributed by atoms with van der Waals surface area (Å²) in [5.74, 6) is -0.626. The number of unbranched alkanes of at least 4 members (excludes halogenated alkanes) is 46. The van der Waals surface area contributed by atoms with Gasteiger partial charge in [-0.1, -0.05) is 350 Å². The Labute approximate surface area is 588 Å². The fourth-order valence-corrected chi connectivity index (χ4v) is 13.4. The van der Waals surface area contributed by atoms with E-state index in [0.717, 1.165) is 102 Å². The fraction of sp³-hybridized carbons (Fsp3) is 0.948. The van der Waals surface area contributed by atoms with E-state index in [4.69, 9.17) is 37.0 Å². The quantitative estimate of drug-likeness (QED) is 0.0222. The third-order valence-corrected chi connectivity index (χ3v) is 19.9. The number of phosphoric acid groups is 2. The summed E-state index contributed by atoms with van der Waals surface area (Å²) in [4.78, 5) is 72.8. The summed E-state index contributed by atoms with van der Waals surface area (Å²) < 4.78 is 68.5.